The Bertz CT molecular complexity index is 613. The molecule has 0 fully saturated rings. The highest BCUT2D eigenvalue weighted by Crippen LogP contribution is 2.30. The second-order valence-electron chi connectivity index (χ2n) is 5.47. The molecular weight excluding hydrogens is 573 g/mol. The smallest absolute Gasteiger partial charge is 0.135 e. The van der Waals surface area contributed by atoms with Crippen LogP contribution in [0.3, 0.4) is 0 Å². The Morgan fingerprint density at radius 3 is 1.46 bits per heavy atom. The molecule has 0 amide bonds. The first kappa shape index (κ1) is 20.4. The zero-order valence-electron chi connectivity index (χ0n) is 13.5. The Labute approximate surface area is 180 Å². The predicted octanol–water partition coefficient (Wildman–Crippen LogP) is 7.06. The van der Waals surface area contributed by atoms with E-state index in [4.69, 9.17) is 32.7 Å². The Balaban J connectivity index is 1.77. The maximum Gasteiger partial charge on any atom is 0.135 e. The fourth-order valence-electron chi connectivity index (χ4n) is 2.30. The molecule has 130 valence electrons. The van der Waals surface area contributed by atoms with Crippen LogP contribution in [-0.2, 0) is 0 Å². The van der Waals surface area contributed by atoms with E-state index in [9.17, 15) is 0 Å². The van der Waals surface area contributed by atoms with Crippen LogP contribution in [0.4, 0.5) is 0 Å². The van der Waals surface area contributed by atoms with Crippen LogP contribution in [0, 0.1) is 21.0 Å². The fraction of sp³-hybridized carbons (Fsp3) is 0.333. The van der Waals surface area contributed by atoms with Crippen molar-refractivity contribution in [3.05, 3.63) is 52.6 Å². The molecule has 2 rings (SSSR count). The third-order valence-corrected chi connectivity index (χ3v) is 5.46. The maximum atomic E-state index is 6.03. The largest absolute Gasteiger partial charge is 0.492 e. The lowest BCUT2D eigenvalue weighted by Gasteiger charge is -2.13. The van der Waals surface area contributed by atoms with Gasteiger partial charge in [-0.25, -0.2) is 0 Å². The summed E-state index contributed by atoms with van der Waals surface area (Å²) in [6.45, 7) is 5.35. The van der Waals surface area contributed by atoms with Gasteiger partial charge in [0.25, 0.3) is 0 Å². The fourth-order valence-corrected chi connectivity index (χ4v) is 5.04. The van der Waals surface area contributed by atoms with Gasteiger partial charge in [0.1, 0.15) is 11.5 Å². The first-order chi connectivity index (χ1) is 11.4. The van der Waals surface area contributed by atoms with Crippen molar-refractivity contribution < 1.29 is 9.47 Å². The van der Waals surface area contributed by atoms with Gasteiger partial charge in [0, 0.05) is 10.0 Å². The van der Waals surface area contributed by atoms with Crippen molar-refractivity contribution >= 4 is 68.4 Å². The van der Waals surface area contributed by atoms with Crippen molar-refractivity contribution in [1.29, 1.82) is 0 Å². The van der Waals surface area contributed by atoms with Crippen molar-refractivity contribution in [2.75, 3.05) is 13.2 Å². The molecule has 0 atom stereocenters. The van der Waals surface area contributed by atoms with Crippen LogP contribution in [0.5, 0.6) is 11.5 Å². The summed E-state index contributed by atoms with van der Waals surface area (Å²) < 4.78 is 13.9. The molecule has 0 bridgehead atoms. The first-order valence-electron chi connectivity index (χ1n) is 7.55. The number of rotatable bonds is 7. The Morgan fingerprint density at radius 2 is 1.12 bits per heavy atom. The second-order valence-corrected chi connectivity index (χ2v) is 8.67. The molecule has 0 spiro atoms. The van der Waals surface area contributed by atoms with E-state index in [0.717, 1.165) is 52.7 Å². The Hall–Kier alpha value is 0.0800. The minimum absolute atomic E-state index is 0.665. The molecule has 6 heteroatoms. The van der Waals surface area contributed by atoms with Gasteiger partial charge in [-0.2, -0.15) is 0 Å². The van der Waals surface area contributed by atoms with Crippen molar-refractivity contribution in [3.63, 3.8) is 0 Å². The molecule has 0 saturated heterocycles. The van der Waals surface area contributed by atoms with E-state index in [-0.39, 0.29) is 0 Å². The third kappa shape index (κ3) is 5.81. The van der Waals surface area contributed by atoms with Crippen molar-refractivity contribution in [1.82, 2.24) is 0 Å². The van der Waals surface area contributed by atoms with Crippen LogP contribution >= 0.6 is 68.4 Å². The molecule has 0 aromatic heterocycles. The number of halogens is 4. The van der Waals surface area contributed by atoms with E-state index >= 15 is 0 Å². The molecule has 0 aliphatic rings. The molecule has 0 aliphatic heterocycles. The van der Waals surface area contributed by atoms with E-state index in [1.54, 1.807) is 0 Å². The lowest BCUT2D eigenvalue weighted by molar-refractivity contribution is 0.263. The van der Waals surface area contributed by atoms with Gasteiger partial charge < -0.3 is 9.47 Å². The molecule has 0 radical (unpaired) electrons. The SMILES string of the molecule is Cc1cc(Cl)cc(I)c1OCCCCOc1c(C)cc(Cl)cc1I. The molecule has 0 unspecified atom stereocenters. The maximum absolute atomic E-state index is 6.03. The number of hydrogen-bond acceptors (Lipinski definition) is 2. The number of hydrogen-bond donors (Lipinski definition) is 0. The van der Waals surface area contributed by atoms with E-state index in [1.165, 1.54) is 0 Å². The zero-order valence-corrected chi connectivity index (χ0v) is 19.3. The van der Waals surface area contributed by atoms with Crippen molar-refractivity contribution in [2.45, 2.75) is 26.7 Å². The van der Waals surface area contributed by atoms with Crippen LogP contribution in [0.25, 0.3) is 0 Å². The first-order valence-corrected chi connectivity index (χ1v) is 10.5. The van der Waals surface area contributed by atoms with E-state index in [2.05, 4.69) is 45.2 Å². The standard InChI is InChI=1S/C18H18Cl2I2O2/c1-11-7-13(19)9-15(21)17(11)23-5-3-4-6-24-18-12(2)8-14(20)10-16(18)22/h7-10H,3-6H2,1-2H3. The minimum atomic E-state index is 0.665. The Morgan fingerprint density at radius 1 is 0.750 bits per heavy atom. The molecule has 0 N–H and O–H groups in total. The van der Waals surface area contributed by atoms with Gasteiger partial charge >= 0.3 is 0 Å². The molecule has 2 nitrogen and oxygen atoms in total. The number of benzene rings is 2. The summed E-state index contributed by atoms with van der Waals surface area (Å²) >= 11 is 16.6. The summed E-state index contributed by atoms with van der Waals surface area (Å²) in [6, 6.07) is 7.68. The third-order valence-electron chi connectivity index (χ3n) is 3.42. The van der Waals surface area contributed by atoms with Crippen LogP contribution in [0.1, 0.15) is 24.0 Å². The molecule has 0 saturated carbocycles. The number of ether oxygens (including phenoxy) is 2. The van der Waals surface area contributed by atoms with Gasteiger partial charge in [-0.3, -0.25) is 0 Å². The van der Waals surface area contributed by atoms with Crippen LogP contribution in [0.15, 0.2) is 24.3 Å². The topological polar surface area (TPSA) is 18.5 Å². The number of aryl methyl sites for hydroxylation is 2. The van der Waals surface area contributed by atoms with Crippen LogP contribution < -0.4 is 9.47 Å². The van der Waals surface area contributed by atoms with Gasteiger partial charge in [-0.15, -0.1) is 0 Å². The summed E-state index contributed by atoms with van der Waals surface area (Å²) in [7, 11) is 0. The molecular formula is C18H18Cl2I2O2. The molecule has 24 heavy (non-hydrogen) atoms. The van der Waals surface area contributed by atoms with E-state index < -0.39 is 0 Å². The summed E-state index contributed by atoms with van der Waals surface area (Å²) in [5.74, 6) is 1.84. The quantitative estimate of drug-likeness (QED) is 0.254. The van der Waals surface area contributed by atoms with Crippen LogP contribution in [0.2, 0.25) is 10.0 Å². The van der Waals surface area contributed by atoms with E-state index in [0.29, 0.717) is 13.2 Å². The average Bonchev–Trinajstić information content (AvgIpc) is 2.46. The highest BCUT2D eigenvalue weighted by molar-refractivity contribution is 14.1. The summed E-state index contributed by atoms with van der Waals surface area (Å²) in [6.07, 6.45) is 1.86. The highest BCUT2D eigenvalue weighted by Gasteiger charge is 2.08. The summed E-state index contributed by atoms with van der Waals surface area (Å²) in [4.78, 5) is 0. The number of unbranched alkanes of at least 4 members (excludes halogenated alkanes) is 1. The van der Waals surface area contributed by atoms with Gasteiger partial charge in [-0.1, -0.05) is 23.2 Å². The van der Waals surface area contributed by atoms with E-state index in [1.807, 2.05) is 38.1 Å². The normalized spacial score (nSPS) is 10.8. The second kappa shape index (κ2) is 9.69. The van der Waals surface area contributed by atoms with Gasteiger partial charge in [0.05, 0.1) is 20.4 Å². The highest BCUT2D eigenvalue weighted by atomic mass is 127. The Kier molecular flexibility index (Phi) is 8.23. The predicted molar refractivity (Wildman–Crippen MR) is 118 cm³/mol. The van der Waals surface area contributed by atoms with Crippen LogP contribution in [-0.4, -0.2) is 13.2 Å². The van der Waals surface area contributed by atoms with Gasteiger partial charge in [0.2, 0.25) is 0 Å². The molecule has 0 aliphatic carbocycles. The van der Waals surface area contributed by atoms with Gasteiger partial charge in [-0.05, 0) is 107 Å². The van der Waals surface area contributed by atoms with Gasteiger partial charge in [0.15, 0.2) is 0 Å². The molecule has 2 aromatic rings. The zero-order chi connectivity index (χ0) is 17.7. The monoisotopic (exact) mass is 590 g/mol. The summed E-state index contributed by atoms with van der Waals surface area (Å²) in [5.41, 5.74) is 2.13. The molecule has 0 heterocycles. The average molecular weight is 591 g/mol. The van der Waals surface area contributed by atoms with Crippen molar-refractivity contribution in [3.8, 4) is 11.5 Å². The molecule has 2 aromatic carbocycles. The lowest BCUT2D eigenvalue weighted by atomic mass is 10.2. The lowest BCUT2D eigenvalue weighted by Crippen LogP contribution is -2.05. The minimum Gasteiger partial charge on any atom is -0.492 e. The summed E-state index contributed by atoms with van der Waals surface area (Å²) in [5, 5.41) is 1.48. The van der Waals surface area contributed by atoms with Crippen molar-refractivity contribution in [2.24, 2.45) is 0 Å².